The SMILES string of the molecule is COC(=O)c1ccc(F)c(NC(=O)CCCC(C)N)c1. The molecule has 1 atom stereocenters. The van der Waals surface area contributed by atoms with Crippen molar-refractivity contribution in [3.8, 4) is 0 Å². The third kappa shape index (κ3) is 4.97. The van der Waals surface area contributed by atoms with Gasteiger partial charge in [0.25, 0.3) is 0 Å². The van der Waals surface area contributed by atoms with E-state index >= 15 is 0 Å². The lowest BCUT2D eigenvalue weighted by atomic mass is 10.1. The highest BCUT2D eigenvalue weighted by atomic mass is 19.1. The average Bonchev–Trinajstić information content (AvgIpc) is 2.40. The van der Waals surface area contributed by atoms with Crippen LogP contribution < -0.4 is 11.1 Å². The molecule has 0 fully saturated rings. The van der Waals surface area contributed by atoms with Crippen LogP contribution in [0.25, 0.3) is 0 Å². The monoisotopic (exact) mass is 282 g/mol. The van der Waals surface area contributed by atoms with Crippen LogP contribution in [0.3, 0.4) is 0 Å². The molecular formula is C14H19FN2O3. The van der Waals surface area contributed by atoms with Crippen LogP contribution in [0.5, 0.6) is 0 Å². The summed E-state index contributed by atoms with van der Waals surface area (Å²) in [6.07, 6.45) is 1.60. The molecule has 5 nitrogen and oxygen atoms in total. The summed E-state index contributed by atoms with van der Waals surface area (Å²) in [5, 5.41) is 2.44. The lowest BCUT2D eigenvalue weighted by Gasteiger charge is -2.09. The van der Waals surface area contributed by atoms with E-state index in [2.05, 4.69) is 10.1 Å². The first-order valence-corrected chi connectivity index (χ1v) is 6.37. The van der Waals surface area contributed by atoms with Crippen LogP contribution >= 0.6 is 0 Å². The standard InChI is InChI=1S/C14H19FN2O3/c1-9(16)4-3-5-13(18)17-12-8-10(14(19)20-2)6-7-11(12)15/h6-9H,3-5,16H2,1-2H3,(H,17,18). The van der Waals surface area contributed by atoms with Crippen molar-refractivity contribution >= 4 is 17.6 Å². The first kappa shape index (κ1) is 16.1. The van der Waals surface area contributed by atoms with Gasteiger partial charge in [-0.15, -0.1) is 0 Å². The number of nitrogens with one attached hydrogen (secondary N) is 1. The molecule has 0 saturated carbocycles. The molecule has 0 saturated heterocycles. The Bertz CT molecular complexity index is 489. The summed E-state index contributed by atoms with van der Waals surface area (Å²) >= 11 is 0. The fourth-order valence-corrected chi connectivity index (χ4v) is 1.66. The van der Waals surface area contributed by atoms with E-state index in [1.165, 1.54) is 19.2 Å². The second kappa shape index (κ2) is 7.59. The smallest absolute Gasteiger partial charge is 0.337 e. The Morgan fingerprint density at radius 1 is 1.45 bits per heavy atom. The largest absolute Gasteiger partial charge is 0.465 e. The molecule has 1 aromatic rings. The Balaban J connectivity index is 2.66. The molecule has 0 bridgehead atoms. The van der Waals surface area contributed by atoms with Crippen LogP contribution in [0, 0.1) is 5.82 Å². The molecule has 0 radical (unpaired) electrons. The molecule has 1 rings (SSSR count). The molecule has 110 valence electrons. The van der Waals surface area contributed by atoms with Gasteiger partial charge in [0.05, 0.1) is 18.4 Å². The maximum absolute atomic E-state index is 13.6. The molecule has 0 aliphatic heterocycles. The van der Waals surface area contributed by atoms with Gasteiger partial charge < -0.3 is 15.8 Å². The summed E-state index contributed by atoms with van der Waals surface area (Å²) in [6.45, 7) is 1.86. The number of carbonyl (C=O) groups is 2. The van der Waals surface area contributed by atoms with Crippen LogP contribution in [0.4, 0.5) is 10.1 Å². The molecule has 3 N–H and O–H groups in total. The number of anilines is 1. The molecule has 0 aliphatic rings. The third-order valence-electron chi connectivity index (χ3n) is 2.72. The average molecular weight is 282 g/mol. The van der Waals surface area contributed by atoms with Crippen molar-refractivity contribution in [2.24, 2.45) is 5.73 Å². The van der Waals surface area contributed by atoms with Gasteiger partial charge in [0.15, 0.2) is 0 Å². The molecule has 6 heteroatoms. The normalized spacial score (nSPS) is 11.8. The summed E-state index contributed by atoms with van der Waals surface area (Å²) in [5.41, 5.74) is 5.73. The van der Waals surface area contributed by atoms with Gasteiger partial charge in [0, 0.05) is 12.5 Å². The van der Waals surface area contributed by atoms with Crippen molar-refractivity contribution in [1.29, 1.82) is 0 Å². The first-order chi connectivity index (χ1) is 9.43. The summed E-state index contributed by atoms with van der Waals surface area (Å²) in [4.78, 5) is 23.0. The summed E-state index contributed by atoms with van der Waals surface area (Å²) in [6, 6.07) is 3.70. The number of amides is 1. The molecule has 1 amide bonds. The number of hydrogen-bond donors (Lipinski definition) is 2. The second-order valence-corrected chi connectivity index (χ2v) is 4.60. The molecule has 20 heavy (non-hydrogen) atoms. The van der Waals surface area contributed by atoms with Crippen molar-refractivity contribution < 1.29 is 18.7 Å². The van der Waals surface area contributed by atoms with Crippen molar-refractivity contribution in [2.45, 2.75) is 32.2 Å². The third-order valence-corrected chi connectivity index (χ3v) is 2.72. The molecule has 1 unspecified atom stereocenters. The van der Waals surface area contributed by atoms with Gasteiger partial charge in [0.1, 0.15) is 5.82 Å². The van der Waals surface area contributed by atoms with Crippen molar-refractivity contribution in [3.63, 3.8) is 0 Å². The maximum atomic E-state index is 13.6. The van der Waals surface area contributed by atoms with Crippen LogP contribution in [-0.2, 0) is 9.53 Å². The Hall–Kier alpha value is -1.95. The molecule has 0 spiro atoms. The van der Waals surface area contributed by atoms with E-state index in [4.69, 9.17) is 5.73 Å². The predicted molar refractivity (Wildman–Crippen MR) is 73.9 cm³/mol. The van der Waals surface area contributed by atoms with E-state index in [9.17, 15) is 14.0 Å². The van der Waals surface area contributed by atoms with Gasteiger partial charge in [-0.3, -0.25) is 4.79 Å². The Kier molecular flexibility index (Phi) is 6.11. The summed E-state index contributed by atoms with van der Waals surface area (Å²) in [7, 11) is 1.23. The molecular weight excluding hydrogens is 263 g/mol. The quantitative estimate of drug-likeness (QED) is 0.783. The van der Waals surface area contributed by atoms with Gasteiger partial charge in [-0.2, -0.15) is 0 Å². The number of methoxy groups -OCH3 is 1. The summed E-state index contributed by atoms with van der Waals surface area (Å²) < 4.78 is 18.1. The zero-order chi connectivity index (χ0) is 15.1. The van der Waals surface area contributed by atoms with Crippen LogP contribution in [0.15, 0.2) is 18.2 Å². The van der Waals surface area contributed by atoms with Crippen molar-refractivity contribution in [2.75, 3.05) is 12.4 Å². The number of rotatable bonds is 6. The van der Waals surface area contributed by atoms with E-state index in [0.29, 0.717) is 6.42 Å². The second-order valence-electron chi connectivity index (χ2n) is 4.60. The Labute approximate surface area is 117 Å². The molecule has 0 aliphatic carbocycles. The first-order valence-electron chi connectivity index (χ1n) is 6.37. The highest BCUT2D eigenvalue weighted by Gasteiger charge is 2.12. The highest BCUT2D eigenvalue weighted by molar-refractivity contribution is 5.94. The fraction of sp³-hybridized carbons (Fsp3) is 0.429. The topological polar surface area (TPSA) is 81.4 Å². The van der Waals surface area contributed by atoms with E-state index in [1.807, 2.05) is 6.92 Å². The Morgan fingerprint density at radius 2 is 2.15 bits per heavy atom. The van der Waals surface area contributed by atoms with E-state index in [0.717, 1.165) is 12.5 Å². The van der Waals surface area contributed by atoms with Crippen LogP contribution in [0.2, 0.25) is 0 Å². The van der Waals surface area contributed by atoms with Crippen molar-refractivity contribution in [1.82, 2.24) is 0 Å². The summed E-state index contributed by atoms with van der Waals surface area (Å²) in [5.74, 6) is -1.50. The minimum Gasteiger partial charge on any atom is -0.465 e. The number of nitrogens with two attached hydrogens (primary N) is 1. The number of benzene rings is 1. The van der Waals surface area contributed by atoms with Crippen LogP contribution in [0.1, 0.15) is 36.5 Å². The number of esters is 1. The predicted octanol–water partition coefficient (Wildman–Crippen LogP) is 2.07. The number of ether oxygens (including phenoxy) is 1. The minimum absolute atomic E-state index is 0.0290. The van der Waals surface area contributed by atoms with Crippen LogP contribution in [-0.4, -0.2) is 25.0 Å². The zero-order valence-electron chi connectivity index (χ0n) is 11.6. The lowest BCUT2D eigenvalue weighted by Crippen LogP contribution is -2.17. The van der Waals surface area contributed by atoms with Crippen molar-refractivity contribution in [3.05, 3.63) is 29.6 Å². The number of carbonyl (C=O) groups excluding carboxylic acids is 2. The van der Waals surface area contributed by atoms with Gasteiger partial charge in [-0.05, 0) is 38.0 Å². The maximum Gasteiger partial charge on any atom is 0.337 e. The van der Waals surface area contributed by atoms with E-state index in [-0.39, 0.29) is 29.6 Å². The number of halogens is 1. The highest BCUT2D eigenvalue weighted by Crippen LogP contribution is 2.17. The van der Waals surface area contributed by atoms with Gasteiger partial charge in [-0.25, -0.2) is 9.18 Å². The number of hydrogen-bond acceptors (Lipinski definition) is 4. The van der Waals surface area contributed by atoms with Gasteiger partial charge in [-0.1, -0.05) is 0 Å². The van der Waals surface area contributed by atoms with E-state index < -0.39 is 11.8 Å². The lowest BCUT2D eigenvalue weighted by molar-refractivity contribution is -0.116. The van der Waals surface area contributed by atoms with E-state index in [1.54, 1.807) is 0 Å². The molecule has 0 heterocycles. The Morgan fingerprint density at radius 3 is 2.75 bits per heavy atom. The van der Waals surface area contributed by atoms with Gasteiger partial charge >= 0.3 is 5.97 Å². The zero-order valence-corrected chi connectivity index (χ0v) is 11.6. The fourth-order valence-electron chi connectivity index (χ4n) is 1.66. The molecule has 1 aromatic carbocycles. The molecule has 0 aromatic heterocycles. The van der Waals surface area contributed by atoms with Gasteiger partial charge in [0.2, 0.25) is 5.91 Å². The minimum atomic E-state index is -0.599.